The zero-order valence-corrected chi connectivity index (χ0v) is 8.96. The van der Waals surface area contributed by atoms with Crippen molar-refractivity contribution < 1.29 is 9.53 Å². The maximum atomic E-state index is 12.0. The van der Waals surface area contributed by atoms with Crippen LogP contribution in [-0.2, 0) is 6.54 Å². The minimum absolute atomic E-state index is 0.00968. The zero-order valence-electron chi connectivity index (χ0n) is 8.96. The van der Waals surface area contributed by atoms with Gasteiger partial charge in [0.25, 0.3) is 0 Å². The summed E-state index contributed by atoms with van der Waals surface area (Å²) in [6.07, 6.45) is 5.02. The summed E-state index contributed by atoms with van der Waals surface area (Å²) in [7, 11) is 1.56. The minimum Gasteiger partial charge on any atom is -0.496 e. The van der Waals surface area contributed by atoms with Crippen LogP contribution >= 0.6 is 0 Å². The molecule has 0 aliphatic carbocycles. The number of Topliss-reactive ketones (excluding diaryl/α,β-unsaturated/α-hetero) is 1. The maximum Gasteiger partial charge on any atom is 0.186 e. The van der Waals surface area contributed by atoms with Gasteiger partial charge >= 0.3 is 0 Å². The quantitative estimate of drug-likeness (QED) is 0.732. The van der Waals surface area contributed by atoms with Gasteiger partial charge in [-0.25, -0.2) is 4.98 Å². The molecule has 0 unspecified atom stereocenters. The first-order chi connectivity index (χ1) is 7.81. The van der Waals surface area contributed by atoms with Crippen LogP contribution in [0.15, 0.2) is 43.0 Å². The first-order valence-corrected chi connectivity index (χ1v) is 4.93. The molecule has 0 bridgehead atoms. The molecule has 2 aromatic rings. The van der Waals surface area contributed by atoms with Crippen LogP contribution in [0.1, 0.15) is 10.4 Å². The average Bonchev–Trinajstić information content (AvgIpc) is 2.81. The Morgan fingerprint density at radius 1 is 1.44 bits per heavy atom. The van der Waals surface area contributed by atoms with Gasteiger partial charge in [-0.05, 0) is 12.1 Å². The van der Waals surface area contributed by atoms with E-state index in [0.717, 1.165) is 0 Å². The molecular weight excluding hydrogens is 204 g/mol. The Morgan fingerprint density at radius 2 is 2.25 bits per heavy atom. The number of hydrogen-bond donors (Lipinski definition) is 0. The van der Waals surface area contributed by atoms with Crippen molar-refractivity contribution in [2.45, 2.75) is 6.54 Å². The van der Waals surface area contributed by atoms with E-state index in [-0.39, 0.29) is 12.3 Å². The molecule has 0 aliphatic heterocycles. The summed E-state index contributed by atoms with van der Waals surface area (Å²) in [4.78, 5) is 15.9. The van der Waals surface area contributed by atoms with Gasteiger partial charge in [0.15, 0.2) is 5.78 Å². The number of aromatic nitrogens is 2. The van der Waals surface area contributed by atoms with Gasteiger partial charge in [-0.1, -0.05) is 12.1 Å². The van der Waals surface area contributed by atoms with E-state index in [9.17, 15) is 4.79 Å². The number of para-hydroxylation sites is 1. The van der Waals surface area contributed by atoms with Gasteiger partial charge in [-0.15, -0.1) is 0 Å². The van der Waals surface area contributed by atoms with Crippen LogP contribution in [0.3, 0.4) is 0 Å². The normalized spacial score (nSPS) is 10.1. The number of imidazole rings is 1. The van der Waals surface area contributed by atoms with Gasteiger partial charge in [-0.3, -0.25) is 4.79 Å². The standard InChI is InChI=1S/C12H12N2O2/c1-16-12-5-3-2-4-10(12)11(15)8-14-7-6-13-9-14/h2-7,9H,8H2,1H3. The van der Waals surface area contributed by atoms with E-state index in [1.54, 1.807) is 42.5 Å². The second-order valence-corrected chi connectivity index (χ2v) is 3.36. The monoisotopic (exact) mass is 216 g/mol. The second kappa shape index (κ2) is 4.61. The van der Waals surface area contributed by atoms with Crippen molar-refractivity contribution in [1.29, 1.82) is 0 Å². The Morgan fingerprint density at radius 3 is 2.94 bits per heavy atom. The lowest BCUT2D eigenvalue weighted by atomic mass is 10.1. The number of nitrogens with zero attached hydrogens (tertiary/aromatic N) is 2. The first-order valence-electron chi connectivity index (χ1n) is 4.93. The van der Waals surface area contributed by atoms with Gasteiger partial charge in [0.2, 0.25) is 0 Å². The third kappa shape index (κ3) is 2.11. The number of hydrogen-bond acceptors (Lipinski definition) is 3. The fourth-order valence-corrected chi connectivity index (χ4v) is 1.51. The van der Waals surface area contributed by atoms with E-state index < -0.39 is 0 Å². The summed E-state index contributed by atoms with van der Waals surface area (Å²) in [5.74, 6) is 0.614. The van der Waals surface area contributed by atoms with Crippen molar-refractivity contribution in [3.05, 3.63) is 48.5 Å². The molecule has 82 valence electrons. The molecule has 2 rings (SSSR count). The summed E-state index contributed by atoms with van der Waals surface area (Å²) in [5, 5.41) is 0. The third-order valence-corrected chi connectivity index (χ3v) is 2.29. The average molecular weight is 216 g/mol. The zero-order chi connectivity index (χ0) is 11.4. The second-order valence-electron chi connectivity index (χ2n) is 3.36. The molecule has 4 heteroatoms. The van der Waals surface area contributed by atoms with Crippen LogP contribution in [0.5, 0.6) is 5.75 Å². The number of benzene rings is 1. The number of carbonyl (C=O) groups is 1. The van der Waals surface area contributed by atoms with Gasteiger partial charge in [0.05, 0.1) is 25.5 Å². The lowest BCUT2D eigenvalue weighted by Gasteiger charge is -2.07. The van der Waals surface area contributed by atoms with Crippen molar-refractivity contribution >= 4 is 5.78 Å². The highest BCUT2D eigenvalue weighted by Gasteiger charge is 2.11. The predicted octanol–water partition coefficient (Wildman–Crippen LogP) is 1.77. The van der Waals surface area contributed by atoms with Crippen LogP contribution < -0.4 is 4.74 Å². The Bertz CT molecular complexity index is 478. The minimum atomic E-state index is 0.00968. The molecule has 16 heavy (non-hydrogen) atoms. The van der Waals surface area contributed by atoms with E-state index >= 15 is 0 Å². The van der Waals surface area contributed by atoms with Gasteiger partial charge in [-0.2, -0.15) is 0 Å². The van der Waals surface area contributed by atoms with E-state index in [1.165, 1.54) is 0 Å². The summed E-state index contributed by atoms with van der Waals surface area (Å²) in [6, 6.07) is 7.20. The molecule has 4 nitrogen and oxygen atoms in total. The molecule has 0 saturated heterocycles. The number of rotatable bonds is 4. The van der Waals surface area contributed by atoms with E-state index in [1.807, 2.05) is 12.1 Å². The van der Waals surface area contributed by atoms with Gasteiger partial charge < -0.3 is 9.30 Å². The highest BCUT2D eigenvalue weighted by atomic mass is 16.5. The number of ether oxygens (including phenoxy) is 1. The molecule has 0 spiro atoms. The van der Waals surface area contributed by atoms with Crippen molar-refractivity contribution in [3.8, 4) is 5.75 Å². The summed E-state index contributed by atoms with van der Waals surface area (Å²) in [6.45, 7) is 0.278. The molecule has 0 radical (unpaired) electrons. The van der Waals surface area contributed by atoms with Crippen LogP contribution in [0.4, 0.5) is 0 Å². The first kappa shape index (κ1) is 10.4. The highest BCUT2D eigenvalue weighted by Crippen LogP contribution is 2.18. The summed E-state index contributed by atoms with van der Waals surface area (Å²) < 4.78 is 6.87. The van der Waals surface area contributed by atoms with Crippen molar-refractivity contribution in [1.82, 2.24) is 9.55 Å². The van der Waals surface area contributed by atoms with Gasteiger partial charge in [0.1, 0.15) is 5.75 Å². The largest absolute Gasteiger partial charge is 0.496 e. The molecule has 1 aromatic heterocycles. The topological polar surface area (TPSA) is 44.1 Å². The number of carbonyl (C=O) groups excluding carboxylic acids is 1. The van der Waals surface area contributed by atoms with Crippen LogP contribution in [-0.4, -0.2) is 22.4 Å². The Labute approximate surface area is 93.5 Å². The van der Waals surface area contributed by atoms with E-state index in [0.29, 0.717) is 11.3 Å². The van der Waals surface area contributed by atoms with Crippen LogP contribution in [0.25, 0.3) is 0 Å². The number of ketones is 1. The molecule has 0 atom stereocenters. The fourth-order valence-electron chi connectivity index (χ4n) is 1.51. The number of methoxy groups -OCH3 is 1. The Hall–Kier alpha value is -2.10. The molecule has 0 amide bonds. The van der Waals surface area contributed by atoms with Crippen molar-refractivity contribution in [2.75, 3.05) is 7.11 Å². The van der Waals surface area contributed by atoms with Crippen LogP contribution in [0, 0.1) is 0 Å². The van der Waals surface area contributed by atoms with Crippen LogP contribution in [0.2, 0.25) is 0 Å². The highest BCUT2D eigenvalue weighted by molar-refractivity contribution is 5.98. The lowest BCUT2D eigenvalue weighted by molar-refractivity contribution is 0.0969. The molecule has 0 aliphatic rings. The molecule has 1 aromatic carbocycles. The smallest absolute Gasteiger partial charge is 0.186 e. The SMILES string of the molecule is COc1ccccc1C(=O)Cn1ccnc1. The Kier molecular flexibility index (Phi) is 3.00. The Balaban J connectivity index is 2.21. The fraction of sp³-hybridized carbons (Fsp3) is 0.167. The molecule has 0 fully saturated rings. The van der Waals surface area contributed by atoms with Crippen molar-refractivity contribution in [3.63, 3.8) is 0 Å². The lowest BCUT2D eigenvalue weighted by Crippen LogP contribution is -2.10. The molecule has 0 N–H and O–H groups in total. The molecule has 0 saturated carbocycles. The predicted molar refractivity (Wildman–Crippen MR) is 59.6 cm³/mol. The van der Waals surface area contributed by atoms with Crippen molar-refractivity contribution in [2.24, 2.45) is 0 Å². The van der Waals surface area contributed by atoms with E-state index in [4.69, 9.17) is 4.74 Å². The van der Waals surface area contributed by atoms with Gasteiger partial charge in [0, 0.05) is 12.4 Å². The third-order valence-electron chi connectivity index (χ3n) is 2.29. The summed E-state index contributed by atoms with van der Waals surface area (Å²) >= 11 is 0. The molecular formula is C12H12N2O2. The maximum absolute atomic E-state index is 12.0. The molecule has 1 heterocycles. The van der Waals surface area contributed by atoms with E-state index in [2.05, 4.69) is 4.98 Å². The summed E-state index contributed by atoms with van der Waals surface area (Å²) in [5.41, 5.74) is 0.596.